The van der Waals surface area contributed by atoms with E-state index >= 15 is 0 Å². The molecule has 0 fully saturated rings. The fraction of sp³-hybridized carbons (Fsp3) is 0.409. The molecule has 2 aromatic rings. The van der Waals surface area contributed by atoms with Gasteiger partial charge in [0.2, 0.25) is 0 Å². The van der Waals surface area contributed by atoms with Crippen LogP contribution in [0.5, 0.6) is 0 Å². The summed E-state index contributed by atoms with van der Waals surface area (Å²) >= 11 is 5.99. The van der Waals surface area contributed by atoms with E-state index in [9.17, 15) is 9.90 Å². The van der Waals surface area contributed by atoms with Gasteiger partial charge in [0, 0.05) is 28.6 Å². The van der Waals surface area contributed by atoms with Gasteiger partial charge >= 0.3 is 5.97 Å². The van der Waals surface area contributed by atoms with Gasteiger partial charge in [-0.15, -0.1) is 0 Å². The number of carboxylic acid groups (broad SMARTS) is 1. The first-order valence-corrected chi connectivity index (χ1v) is 9.67. The molecule has 4 nitrogen and oxygen atoms in total. The van der Waals surface area contributed by atoms with E-state index in [1.54, 1.807) is 0 Å². The minimum absolute atomic E-state index is 0. The minimum atomic E-state index is -0.784. The van der Waals surface area contributed by atoms with E-state index in [1.807, 2.05) is 70.2 Å². The van der Waals surface area contributed by atoms with Crippen molar-refractivity contribution in [2.24, 2.45) is 0 Å². The molecule has 0 aliphatic heterocycles. The molecule has 0 aromatic heterocycles. The molecular weight excluding hydrogens is 394 g/mol. The smallest absolute Gasteiger partial charge is 0.303 e. The van der Waals surface area contributed by atoms with Crippen molar-refractivity contribution in [3.63, 3.8) is 0 Å². The molecule has 2 aromatic carbocycles. The fourth-order valence-electron chi connectivity index (χ4n) is 3.28. The van der Waals surface area contributed by atoms with Gasteiger partial charge in [0.1, 0.15) is 0 Å². The monoisotopic (exact) mass is 423 g/mol. The maximum absolute atomic E-state index is 11.2. The van der Waals surface area contributed by atoms with Crippen molar-refractivity contribution in [2.75, 3.05) is 11.9 Å². The largest absolute Gasteiger partial charge is 0.481 e. The Labute approximate surface area is 179 Å². The highest BCUT2D eigenvalue weighted by molar-refractivity contribution is 7.59. The zero-order chi connectivity index (χ0) is 20.0. The van der Waals surface area contributed by atoms with Gasteiger partial charge in [-0.2, -0.15) is 13.5 Å². The molecule has 6 heteroatoms. The normalized spacial score (nSPS) is 12.2. The first kappa shape index (κ1) is 24.3. The van der Waals surface area contributed by atoms with Crippen molar-refractivity contribution in [3.8, 4) is 0 Å². The summed E-state index contributed by atoms with van der Waals surface area (Å²) < 4.78 is 5.95. The highest BCUT2D eigenvalue weighted by Gasteiger charge is 2.25. The lowest BCUT2D eigenvalue weighted by Crippen LogP contribution is -2.23. The number of halogens is 1. The van der Waals surface area contributed by atoms with E-state index in [1.165, 1.54) is 0 Å². The van der Waals surface area contributed by atoms with Crippen LogP contribution in [0.4, 0.5) is 11.4 Å². The number of anilines is 2. The number of nitrogens with one attached hydrogen (secondary N) is 1. The maximum Gasteiger partial charge on any atom is 0.303 e. The number of carboxylic acids is 1. The Kier molecular flexibility index (Phi) is 9.34. The Balaban J connectivity index is 0.00000392. The summed E-state index contributed by atoms with van der Waals surface area (Å²) in [5.41, 5.74) is 3.38. The molecule has 2 N–H and O–H groups in total. The van der Waals surface area contributed by atoms with Gasteiger partial charge in [0.15, 0.2) is 0 Å². The quantitative estimate of drug-likeness (QED) is 0.487. The first-order valence-electron chi connectivity index (χ1n) is 9.29. The van der Waals surface area contributed by atoms with Gasteiger partial charge in [-0.25, -0.2) is 0 Å². The molecule has 0 unspecified atom stereocenters. The highest BCUT2D eigenvalue weighted by Crippen LogP contribution is 2.36. The lowest BCUT2D eigenvalue weighted by Gasteiger charge is -2.29. The second-order valence-electron chi connectivity index (χ2n) is 7.08. The Morgan fingerprint density at radius 3 is 2.36 bits per heavy atom. The average Bonchev–Trinajstić information content (AvgIpc) is 2.61. The van der Waals surface area contributed by atoms with Crippen molar-refractivity contribution in [1.29, 1.82) is 0 Å². The van der Waals surface area contributed by atoms with Gasteiger partial charge in [-0.3, -0.25) is 4.79 Å². The van der Waals surface area contributed by atoms with Crippen LogP contribution >= 0.6 is 25.1 Å². The van der Waals surface area contributed by atoms with Gasteiger partial charge in [-0.1, -0.05) is 30.7 Å². The maximum atomic E-state index is 11.2. The summed E-state index contributed by atoms with van der Waals surface area (Å²) in [6.45, 7) is 8.66. The topological polar surface area (TPSA) is 58.6 Å². The number of benzene rings is 2. The SMILES string of the molecule is CCOC(C)(C)c1ccc([C@@H](CC)CC(=O)O)cc1Nc1ccc(Cl)cc1.S. The Hall–Kier alpha value is -1.69. The molecular formula is C22H30ClNO3S. The predicted octanol–water partition coefficient (Wildman–Crippen LogP) is 6.44. The Morgan fingerprint density at radius 1 is 1.18 bits per heavy atom. The summed E-state index contributed by atoms with van der Waals surface area (Å²) in [4.78, 5) is 11.2. The molecule has 0 heterocycles. The molecule has 0 aliphatic rings. The number of carbonyl (C=O) groups is 1. The zero-order valence-electron chi connectivity index (χ0n) is 16.9. The van der Waals surface area contributed by atoms with Crippen LogP contribution in [0, 0.1) is 0 Å². The lowest BCUT2D eigenvalue weighted by molar-refractivity contribution is -0.137. The van der Waals surface area contributed by atoms with E-state index in [2.05, 4.69) is 5.32 Å². The second-order valence-corrected chi connectivity index (χ2v) is 7.52. The van der Waals surface area contributed by atoms with Crippen molar-refractivity contribution in [3.05, 3.63) is 58.6 Å². The molecule has 0 bridgehead atoms. The zero-order valence-corrected chi connectivity index (χ0v) is 18.6. The summed E-state index contributed by atoms with van der Waals surface area (Å²) in [5.74, 6) is -0.815. The molecule has 0 amide bonds. The molecule has 28 heavy (non-hydrogen) atoms. The predicted molar refractivity (Wildman–Crippen MR) is 121 cm³/mol. The van der Waals surface area contributed by atoms with E-state index in [4.69, 9.17) is 16.3 Å². The molecule has 0 saturated heterocycles. The van der Waals surface area contributed by atoms with Crippen LogP contribution in [0.3, 0.4) is 0 Å². The number of aliphatic carboxylic acids is 1. The molecule has 0 spiro atoms. The van der Waals surface area contributed by atoms with Crippen LogP contribution in [0.2, 0.25) is 5.02 Å². The number of rotatable bonds is 9. The van der Waals surface area contributed by atoms with Gasteiger partial charge in [-0.05, 0) is 69.0 Å². The van der Waals surface area contributed by atoms with E-state index in [0.29, 0.717) is 11.6 Å². The van der Waals surface area contributed by atoms with Crippen molar-refractivity contribution < 1.29 is 14.6 Å². The van der Waals surface area contributed by atoms with Crippen molar-refractivity contribution in [2.45, 2.75) is 52.1 Å². The third-order valence-corrected chi connectivity index (χ3v) is 4.96. The standard InChI is InChI=1S/C22H28ClNO3.H2S/c1-5-15(14-21(25)26)16-7-12-19(22(3,4)27-6-2)20(13-16)24-18-10-8-17(23)9-11-18;/h7-13,15,24H,5-6,14H2,1-4H3,(H,25,26);1H2/t15-;/m0./s1. The number of ether oxygens (including phenoxy) is 1. The van der Waals surface area contributed by atoms with Gasteiger partial charge < -0.3 is 15.2 Å². The molecule has 0 saturated carbocycles. The lowest BCUT2D eigenvalue weighted by atomic mass is 9.88. The van der Waals surface area contributed by atoms with Crippen LogP contribution in [0.15, 0.2) is 42.5 Å². The van der Waals surface area contributed by atoms with Crippen LogP contribution in [0.1, 0.15) is 57.6 Å². The van der Waals surface area contributed by atoms with E-state index in [0.717, 1.165) is 28.9 Å². The third-order valence-electron chi connectivity index (χ3n) is 4.71. The van der Waals surface area contributed by atoms with Crippen molar-refractivity contribution in [1.82, 2.24) is 0 Å². The van der Waals surface area contributed by atoms with E-state index in [-0.39, 0.29) is 25.8 Å². The Morgan fingerprint density at radius 2 is 1.82 bits per heavy atom. The molecule has 0 radical (unpaired) electrons. The Bertz CT molecular complexity index is 778. The van der Waals surface area contributed by atoms with E-state index < -0.39 is 11.6 Å². The van der Waals surface area contributed by atoms with Crippen molar-refractivity contribution >= 4 is 42.4 Å². The first-order chi connectivity index (χ1) is 12.8. The molecule has 154 valence electrons. The minimum Gasteiger partial charge on any atom is -0.481 e. The van der Waals surface area contributed by atoms with Gasteiger partial charge in [0.25, 0.3) is 0 Å². The van der Waals surface area contributed by atoms with Gasteiger partial charge in [0.05, 0.1) is 12.0 Å². The molecule has 2 rings (SSSR count). The molecule has 0 aliphatic carbocycles. The summed E-state index contributed by atoms with van der Waals surface area (Å²) in [6.07, 6.45) is 0.881. The van der Waals surface area contributed by atoms with Crippen LogP contribution in [-0.4, -0.2) is 17.7 Å². The third kappa shape index (κ3) is 6.43. The summed E-state index contributed by atoms with van der Waals surface area (Å²) in [6, 6.07) is 13.6. The molecule has 1 atom stereocenters. The number of hydrogen-bond donors (Lipinski definition) is 2. The summed E-state index contributed by atoms with van der Waals surface area (Å²) in [7, 11) is 0. The summed E-state index contributed by atoms with van der Waals surface area (Å²) in [5, 5.41) is 13.3. The van der Waals surface area contributed by atoms with Crippen LogP contribution in [0.25, 0.3) is 0 Å². The highest BCUT2D eigenvalue weighted by atomic mass is 35.5. The van der Waals surface area contributed by atoms with Crippen LogP contribution < -0.4 is 5.32 Å². The second kappa shape index (κ2) is 10.7. The van der Waals surface area contributed by atoms with Crippen LogP contribution in [-0.2, 0) is 15.1 Å². The average molecular weight is 424 g/mol. The number of hydrogen-bond acceptors (Lipinski definition) is 3. The fourth-order valence-corrected chi connectivity index (χ4v) is 3.41.